The maximum atomic E-state index is 13.0. The Morgan fingerprint density at radius 2 is 1.71 bits per heavy atom. The zero-order chi connectivity index (χ0) is 22.7. The highest BCUT2D eigenvalue weighted by Gasteiger charge is 2.36. The number of anilines is 1. The molecule has 1 heterocycles. The van der Waals surface area contributed by atoms with Gasteiger partial charge in [0, 0.05) is 10.4 Å². The van der Waals surface area contributed by atoms with Crippen LogP contribution in [-0.4, -0.2) is 30.1 Å². The van der Waals surface area contributed by atoms with E-state index in [4.69, 9.17) is 4.74 Å². The first-order chi connectivity index (χ1) is 14.7. The van der Waals surface area contributed by atoms with Gasteiger partial charge in [0.05, 0.1) is 18.9 Å². The Labute approximate surface area is 186 Å². The van der Waals surface area contributed by atoms with Crippen molar-refractivity contribution in [2.75, 3.05) is 12.4 Å². The number of carbonyl (C=O) groups excluding carboxylic acids is 2. The van der Waals surface area contributed by atoms with Crippen molar-refractivity contribution in [3.63, 3.8) is 0 Å². The molecule has 0 spiro atoms. The van der Waals surface area contributed by atoms with Crippen LogP contribution in [0, 0.1) is 18.8 Å². The Balaban J connectivity index is 1.97. The van der Waals surface area contributed by atoms with E-state index >= 15 is 0 Å². The lowest BCUT2D eigenvalue weighted by atomic mass is 9.78. The number of esters is 1. The Bertz CT molecular complexity index is 977. The molecular formula is C24H29NO5S. The minimum Gasteiger partial charge on any atom is -0.481 e. The zero-order valence-corrected chi connectivity index (χ0v) is 19.2. The summed E-state index contributed by atoms with van der Waals surface area (Å²) in [4.78, 5) is 38.2. The van der Waals surface area contributed by atoms with Crippen LogP contribution in [0.25, 0.3) is 11.1 Å². The van der Waals surface area contributed by atoms with Gasteiger partial charge in [0.15, 0.2) is 0 Å². The molecule has 1 amide bonds. The van der Waals surface area contributed by atoms with Gasteiger partial charge in [-0.1, -0.05) is 51.0 Å². The number of carbonyl (C=O) groups is 3. The van der Waals surface area contributed by atoms with Gasteiger partial charge in [0.1, 0.15) is 10.6 Å². The number of methoxy groups -OCH3 is 1. The normalized spacial score (nSPS) is 18.6. The molecule has 0 saturated heterocycles. The molecule has 0 bridgehead atoms. The molecule has 1 aromatic carbocycles. The summed E-state index contributed by atoms with van der Waals surface area (Å²) in [5, 5.41) is 12.8. The van der Waals surface area contributed by atoms with E-state index in [9.17, 15) is 19.5 Å². The third kappa shape index (κ3) is 4.82. The topological polar surface area (TPSA) is 92.7 Å². The molecule has 2 N–H and O–H groups in total. The summed E-state index contributed by atoms with van der Waals surface area (Å²) >= 11 is 1.31. The van der Waals surface area contributed by atoms with Crippen LogP contribution in [0.15, 0.2) is 24.3 Å². The number of thiophene rings is 1. The summed E-state index contributed by atoms with van der Waals surface area (Å²) in [7, 11) is 1.31. The number of rotatable bonds is 6. The van der Waals surface area contributed by atoms with Crippen LogP contribution in [-0.2, 0) is 14.3 Å². The van der Waals surface area contributed by atoms with Crippen LogP contribution in [0.1, 0.15) is 66.2 Å². The van der Waals surface area contributed by atoms with E-state index in [0.29, 0.717) is 29.3 Å². The Morgan fingerprint density at radius 3 is 2.26 bits per heavy atom. The SMILES string of the molecule is COC(=O)c1c(NC(=O)[C@@H]2CCCC[C@H]2C(=O)O)sc(C)c1-c1ccc(C(C)C)cc1. The smallest absolute Gasteiger partial charge is 0.341 e. The van der Waals surface area contributed by atoms with Crippen molar-refractivity contribution in [3.8, 4) is 11.1 Å². The van der Waals surface area contributed by atoms with E-state index in [1.807, 2.05) is 31.2 Å². The monoisotopic (exact) mass is 443 g/mol. The van der Waals surface area contributed by atoms with Crippen molar-refractivity contribution in [1.29, 1.82) is 0 Å². The van der Waals surface area contributed by atoms with Gasteiger partial charge < -0.3 is 15.2 Å². The standard InChI is InChI=1S/C24H29NO5S/c1-13(2)15-9-11-16(12-10-15)19-14(3)31-22(20(19)24(29)30-4)25-21(26)17-7-5-6-8-18(17)23(27)28/h9-13,17-18H,5-8H2,1-4H3,(H,25,26)(H,27,28)/t17-,18-/m1/s1. The molecule has 6 nitrogen and oxygen atoms in total. The van der Waals surface area contributed by atoms with Gasteiger partial charge in [-0.15, -0.1) is 11.3 Å². The fourth-order valence-corrected chi connectivity index (χ4v) is 5.32. The van der Waals surface area contributed by atoms with Gasteiger partial charge in [0.2, 0.25) is 5.91 Å². The summed E-state index contributed by atoms with van der Waals surface area (Å²) < 4.78 is 5.02. The maximum Gasteiger partial charge on any atom is 0.341 e. The van der Waals surface area contributed by atoms with Gasteiger partial charge in [-0.25, -0.2) is 4.79 Å². The number of nitrogens with one attached hydrogen (secondary N) is 1. The van der Waals surface area contributed by atoms with Crippen molar-refractivity contribution in [1.82, 2.24) is 0 Å². The number of ether oxygens (including phenoxy) is 1. The van der Waals surface area contributed by atoms with Gasteiger partial charge in [-0.3, -0.25) is 9.59 Å². The van der Waals surface area contributed by atoms with Crippen LogP contribution >= 0.6 is 11.3 Å². The highest BCUT2D eigenvalue weighted by Crippen LogP contribution is 2.41. The molecule has 7 heteroatoms. The molecule has 0 unspecified atom stereocenters. The van der Waals surface area contributed by atoms with E-state index in [-0.39, 0.29) is 5.91 Å². The third-order valence-electron chi connectivity index (χ3n) is 6.00. The molecule has 2 atom stereocenters. The molecule has 0 radical (unpaired) electrons. The molecule has 1 aromatic heterocycles. The van der Waals surface area contributed by atoms with Crippen LogP contribution in [0.5, 0.6) is 0 Å². The van der Waals surface area contributed by atoms with Crippen molar-refractivity contribution in [2.45, 2.75) is 52.4 Å². The molecule has 3 rings (SSSR count). The molecule has 2 aromatic rings. The molecule has 31 heavy (non-hydrogen) atoms. The number of aliphatic carboxylic acids is 1. The number of hydrogen-bond acceptors (Lipinski definition) is 5. The Kier molecular flexibility index (Phi) is 7.15. The summed E-state index contributed by atoms with van der Waals surface area (Å²) in [5.74, 6) is -2.72. The van der Waals surface area contributed by atoms with Crippen molar-refractivity contribution in [3.05, 3.63) is 40.3 Å². The van der Waals surface area contributed by atoms with Crippen LogP contribution < -0.4 is 5.32 Å². The minimum absolute atomic E-state index is 0.318. The molecule has 1 aliphatic rings. The first kappa shape index (κ1) is 23.0. The van der Waals surface area contributed by atoms with E-state index in [1.54, 1.807) is 0 Å². The average molecular weight is 444 g/mol. The number of amides is 1. The quantitative estimate of drug-likeness (QED) is 0.578. The number of benzene rings is 1. The fourth-order valence-electron chi connectivity index (χ4n) is 4.26. The third-order valence-corrected chi connectivity index (χ3v) is 7.02. The fraction of sp³-hybridized carbons (Fsp3) is 0.458. The van der Waals surface area contributed by atoms with E-state index < -0.39 is 23.8 Å². The van der Waals surface area contributed by atoms with Gasteiger partial charge in [-0.05, 0) is 36.8 Å². The van der Waals surface area contributed by atoms with E-state index in [1.165, 1.54) is 24.0 Å². The number of carboxylic acids is 1. The van der Waals surface area contributed by atoms with Gasteiger partial charge in [-0.2, -0.15) is 0 Å². The predicted molar refractivity (Wildman–Crippen MR) is 122 cm³/mol. The predicted octanol–water partition coefficient (Wildman–Crippen LogP) is 5.46. The number of aryl methyl sites for hydroxylation is 1. The molecule has 0 aliphatic heterocycles. The van der Waals surface area contributed by atoms with Crippen molar-refractivity contribution < 1.29 is 24.2 Å². The average Bonchev–Trinajstić information content (AvgIpc) is 3.08. The highest BCUT2D eigenvalue weighted by molar-refractivity contribution is 7.17. The first-order valence-corrected chi connectivity index (χ1v) is 11.4. The lowest BCUT2D eigenvalue weighted by Crippen LogP contribution is -2.36. The second-order valence-electron chi connectivity index (χ2n) is 8.33. The van der Waals surface area contributed by atoms with Crippen LogP contribution in [0.3, 0.4) is 0 Å². The number of hydrogen-bond donors (Lipinski definition) is 2. The lowest BCUT2D eigenvalue weighted by molar-refractivity contribution is -0.147. The molecule has 1 fully saturated rings. The summed E-state index contributed by atoms with van der Waals surface area (Å²) in [6.45, 7) is 6.14. The van der Waals surface area contributed by atoms with Crippen molar-refractivity contribution >= 4 is 34.2 Å². The van der Waals surface area contributed by atoms with E-state index in [2.05, 4.69) is 19.2 Å². The van der Waals surface area contributed by atoms with Gasteiger partial charge >= 0.3 is 11.9 Å². The summed E-state index contributed by atoms with van der Waals surface area (Å²) in [5.41, 5.74) is 3.13. The van der Waals surface area contributed by atoms with Crippen molar-refractivity contribution in [2.24, 2.45) is 11.8 Å². The van der Waals surface area contributed by atoms with Crippen LogP contribution in [0.2, 0.25) is 0 Å². The Morgan fingerprint density at radius 1 is 1.10 bits per heavy atom. The maximum absolute atomic E-state index is 13.0. The minimum atomic E-state index is -0.943. The van der Waals surface area contributed by atoms with Gasteiger partial charge in [0.25, 0.3) is 0 Å². The zero-order valence-electron chi connectivity index (χ0n) is 18.4. The highest BCUT2D eigenvalue weighted by atomic mass is 32.1. The molecule has 1 saturated carbocycles. The second-order valence-corrected chi connectivity index (χ2v) is 9.56. The largest absolute Gasteiger partial charge is 0.481 e. The molecular weight excluding hydrogens is 414 g/mol. The molecule has 1 aliphatic carbocycles. The number of carboxylic acid groups (broad SMARTS) is 1. The summed E-state index contributed by atoms with van der Waals surface area (Å²) in [6.07, 6.45) is 2.66. The summed E-state index contributed by atoms with van der Waals surface area (Å²) in [6, 6.07) is 8.03. The van der Waals surface area contributed by atoms with E-state index in [0.717, 1.165) is 28.8 Å². The Hall–Kier alpha value is -2.67. The first-order valence-electron chi connectivity index (χ1n) is 10.6. The second kappa shape index (κ2) is 9.64. The molecule has 166 valence electrons. The lowest BCUT2D eigenvalue weighted by Gasteiger charge is -2.27. The van der Waals surface area contributed by atoms with Crippen LogP contribution in [0.4, 0.5) is 5.00 Å².